The molecule has 1 aromatic carbocycles. The lowest BCUT2D eigenvalue weighted by Crippen LogP contribution is -2.06. The molecular formula is C16H19BrN4. The van der Waals surface area contributed by atoms with E-state index in [1.54, 1.807) is 0 Å². The smallest absolute Gasteiger partial charge is 0.139 e. The van der Waals surface area contributed by atoms with E-state index >= 15 is 0 Å². The van der Waals surface area contributed by atoms with E-state index < -0.39 is 0 Å². The van der Waals surface area contributed by atoms with Gasteiger partial charge in [0.25, 0.3) is 0 Å². The van der Waals surface area contributed by atoms with Gasteiger partial charge in [0.05, 0.1) is 0 Å². The Bertz CT molecular complexity index is 680. The van der Waals surface area contributed by atoms with Crippen LogP contribution in [-0.2, 0) is 0 Å². The third kappa shape index (κ3) is 3.02. The summed E-state index contributed by atoms with van der Waals surface area (Å²) in [6.45, 7) is 4.11. The van der Waals surface area contributed by atoms with E-state index in [0.717, 1.165) is 33.2 Å². The Labute approximate surface area is 133 Å². The van der Waals surface area contributed by atoms with Gasteiger partial charge in [-0.1, -0.05) is 22.0 Å². The third-order valence-corrected chi connectivity index (χ3v) is 4.63. The van der Waals surface area contributed by atoms with E-state index in [-0.39, 0.29) is 0 Å². The van der Waals surface area contributed by atoms with Gasteiger partial charge in [0.1, 0.15) is 17.5 Å². The number of halogens is 1. The molecule has 1 fully saturated rings. The summed E-state index contributed by atoms with van der Waals surface area (Å²) >= 11 is 3.57. The molecule has 0 amide bonds. The van der Waals surface area contributed by atoms with Crippen LogP contribution in [0.2, 0.25) is 0 Å². The molecule has 1 aliphatic carbocycles. The van der Waals surface area contributed by atoms with Gasteiger partial charge in [-0.3, -0.25) is 0 Å². The van der Waals surface area contributed by atoms with E-state index in [1.165, 1.54) is 18.4 Å². The standard InChI is InChI=1S/C16H19BrN4/c1-9-4-7-12(8-13(9)17)19-15-10(2)14(18-3)20-16(21-15)11-5-6-11/h4,7-8,11H,5-6H2,1-3H3,(H2,18,19,20,21). The zero-order valence-electron chi connectivity index (χ0n) is 12.5. The number of nitrogens with one attached hydrogen (secondary N) is 2. The van der Waals surface area contributed by atoms with Crippen molar-refractivity contribution < 1.29 is 0 Å². The monoisotopic (exact) mass is 346 g/mol. The SMILES string of the molecule is CNc1nc(C2CC2)nc(Nc2ccc(C)c(Br)c2)c1C. The minimum atomic E-state index is 0.531. The number of rotatable bonds is 4. The lowest BCUT2D eigenvalue weighted by atomic mass is 10.2. The quantitative estimate of drug-likeness (QED) is 0.854. The number of hydrogen-bond acceptors (Lipinski definition) is 4. The Kier molecular flexibility index (Phi) is 3.85. The van der Waals surface area contributed by atoms with Gasteiger partial charge in [-0.05, 0) is 44.4 Å². The van der Waals surface area contributed by atoms with Crippen molar-refractivity contribution in [2.45, 2.75) is 32.6 Å². The molecule has 2 N–H and O–H groups in total. The fourth-order valence-corrected chi connectivity index (χ4v) is 2.61. The summed E-state index contributed by atoms with van der Waals surface area (Å²) in [5, 5.41) is 6.58. The number of benzene rings is 1. The first-order chi connectivity index (χ1) is 10.1. The second kappa shape index (κ2) is 5.64. The Morgan fingerprint density at radius 1 is 1.14 bits per heavy atom. The summed E-state index contributed by atoms with van der Waals surface area (Å²) in [7, 11) is 1.90. The van der Waals surface area contributed by atoms with Gasteiger partial charge in [-0.25, -0.2) is 9.97 Å². The zero-order valence-corrected chi connectivity index (χ0v) is 14.1. The molecule has 21 heavy (non-hydrogen) atoms. The van der Waals surface area contributed by atoms with E-state index in [1.807, 2.05) is 14.0 Å². The molecule has 1 heterocycles. The highest BCUT2D eigenvalue weighted by Crippen LogP contribution is 2.39. The van der Waals surface area contributed by atoms with Crippen molar-refractivity contribution in [1.82, 2.24) is 9.97 Å². The minimum absolute atomic E-state index is 0.531. The largest absolute Gasteiger partial charge is 0.373 e. The molecule has 1 aliphatic rings. The summed E-state index contributed by atoms with van der Waals surface area (Å²) in [6, 6.07) is 6.23. The number of aromatic nitrogens is 2. The molecule has 0 radical (unpaired) electrons. The lowest BCUT2D eigenvalue weighted by molar-refractivity contribution is 0.923. The molecule has 0 bridgehead atoms. The van der Waals surface area contributed by atoms with E-state index in [9.17, 15) is 0 Å². The normalized spacial score (nSPS) is 14.1. The Hall–Kier alpha value is -1.62. The first-order valence-corrected chi connectivity index (χ1v) is 7.97. The van der Waals surface area contributed by atoms with Crippen LogP contribution in [0, 0.1) is 13.8 Å². The van der Waals surface area contributed by atoms with Crippen LogP contribution in [0.3, 0.4) is 0 Å². The maximum absolute atomic E-state index is 4.71. The summed E-state index contributed by atoms with van der Waals surface area (Å²) < 4.78 is 1.09. The Balaban J connectivity index is 1.96. The van der Waals surface area contributed by atoms with Crippen LogP contribution in [-0.4, -0.2) is 17.0 Å². The Morgan fingerprint density at radius 2 is 1.86 bits per heavy atom. The number of aryl methyl sites for hydroxylation is 1. The van der Waals surface area contributed by atoms with Gasteiger partial charge in [0.15, 0.2) is 0 Å². The van der Waals surface area contributed by atoms with Gasteiger partial charge in [0, 0.05) is 28.7 Å². The Morgan fingerprint density at radius 3 is 2.48 bits per heavy atom. The molecule has 3 rings (SSSR count). The predicted octanol–water partition coefficient (Wildman–Crippen LogP) is 4.52. The molecule has 2 aromatic rings. The molecule has 4 nitrogen and oxygen atoms in total. The topological polar surface area (TPSA) is 49.8 Å². The van der Waals surface area contributed by atoms with Gasteiger partial charge >= 0.3 is 0 Å². The predicted molar refractivity (Wildman–Crippen MR) is 90.5 cm³/mol. The molecule has 0 unspecified atom stereocenters. The summed E-state index contributed by atoms with van der Waals surface area (Å²) in [4.78, 5) is 9.33. The molecule has 1 aromatic heterocycles. The zero-order chi connectivity index (χ0) is 15.0. The van der Waals surface area contributed by atoms with Crippen molar-refractivity contribution >= 4 is 33.3 Å². The average molecular weight is 347 g/mol. The van der Waals surface area contributed by atoms with Crippen LogP contribution in [0.5, 0.6) is 0 Å². The fourth-order valence-electron chi connectivity index (χ4n) is 2.23. The van der Waals surface area contributed by atoms with Crippen LogP contribution in [0.4, 0.5) is 17.3 Å². The fraction of sp³-hybridized carbons (Fsp3) is 0.375. The molecule has 1 saturated carbocycles. The average Bonchev–Trinajstić information content (AvgIpc) is 3.29. The van der Waals surface area contributed by atoms with Crippen molar-refractivity contribution in [3.05, 3.63) is 39.6 Å². The van der Waals surface area contributed by atoms with E-state index in [4.69, 9.17) is 4.98 Å². The molecule has 0 saturated heterocycles. The van der Waals surface area contributed by atoms with Gasteiger partial charge in [-0.2, -0.15) is 0 Å². The van der Waals surface area contributed by atoms with Crippen molar-refractivity contribution in [2.24, 2.45) is 0 Å². The second-order valence-electron chi connectivity index (χ2n) is 5.52. The molecule has 0 aliphatic heterocycles. The summed E-state index contributed by atoms with van der Waals surface area (Å²) in [5.41, 5.74) is 3.28. The van der Waals surface area contributed by atoms with Crippen molar-refractivity contribution in [3.8, 4) is 0 Å². The maximum atomic E-state index is 4.71. The highest BCUT2D eigenvalue weighted by Gasteiger charge is 2.28. The highest BCUT2D eigenvalue weighted by atomic mass is 79.9. The van der Waals surface area contributed by atoms with Gasteiger partial charge in [-0.15, -0.1) is 0 Å². The number of anilines is 3. The second-order valence-corrected chi connectivity index (χ2v) is 6.37. The van der Waals surface area contributed by atoms with E-state index in [2.05, 4.69) is 56.7 Å². The van der Waals surface area contributed by atoms with Gasteiger partial charge in [0.2, 0.25) is 0 Å². The van der Waals surface area contributed by atoms with Crippen LogP contribution in [0.15, 0.2) is 22.7 Å². The van der Waals surface area contributed by atoms with Crippen LogP contribution in [0.1, 0.15) is 35.7 Å². The summed E-state index contributed by atoms with van der Waals surface area (Å²) in [5.74, 6) is 3.26. The molecule has 5 heteroatoms. The maximum Gasteiger partial charge on any atom is 0.139 e. The lowest BCUT2D eigenvalue weighted by Gasteiger charge is -2.14. The van der Waals surface area contributed by atoms with E-state index in [0.29, 0.717) is 5.92 Å². The van der Waals surface area contributed by atoms with Crippen molar-refractivity contribution in [2.75, 3.05) is 17.7 Å². The first kappa shape index (κ1) is 14.3. The van der Waals surface area contributed by atoms with Crippen molar-refractivity contribution in [1.29, 1.82) is 0 Å². The number of hydrogen-bond donors (Lipinski definition) is 2. The molecule has 0 atom stereocenters. The first-order valence-electron chi connectivity index (χ1n) is 7.18. The molecule has 110 valence electrons. The van der Waals surface area contributed by atoms with Crippen LogP contribution in [0.25, 0.3) is 0 Å². The van der Waals surface area contributed by atoms with Crippen molar-refractivity contribution in [3.63, 3.8) is 0 Å². The van der Waals surface area contributed by atoms with Crippen LogP contribution < -0.4 is 10.6 Å². The van der Waals surface area contributed by atoms with Gasteiger partial charge < -0.3 is 10.6 Å². The highest BCUT2D eigenvalue weighted by molar-refractivity contribution is 9.10. The number of nitrogens with zero attached hydrogens (tertiary/aromatic N) is 2. The minimum Gasteiger partial charge on any atom is -0.373 e. The third-order valence-electron chi connectivity index (χ3n) is 3.78. The molecule has 0 spiro atoms. The summed E-state index contributed by atoms with van der Waals surface area (Å²) in [6.07, 6.45) is 2.39. The van der Waals surface area contributed by atoms with Crippen LogP contribution >= 0.6 is 15.9 Å². The molecular weight excluding hydrogens is 328 g/mol.